The van der Waals surface area contributed by atoms with Crippen molar-refractivity contribution in [3.63, 3.8) is 0 Å². The molecular weight excluding hydrogens is 474 g/mol. The van der Waals surface area contributed by atoms with Crippen LogP contribution in [0.5, 0.6) is 0 Å². The van der Waals surface area contributed by atoms with Gasteiger partial charge in [-0.05, 0) is 49.4 Å². The third kappa shape index (κ3) is 9.57. The van der Waals surface area contributed by atoms with E-state index in [0.29, 0.717) is 6.42 Å². The number of hydrogen-bond acceptors (Lipinski definition) is 6. The number of primary amides is 1. The summed E-state index contributed by atoms with van der Waals surface area (Å²) >= 11 is 1.69. The predicted molar refractivity (Wildman–Crippen MR) is 130 cm³/mol. The molecule has 0 saturated heterocycles. The molecule has 0 radical (unpaired) electrons. The number of aliphatic carboxylic acids is 2. The van der Waals surface area contributed by atoms with E-state index in [0.717, 1.165) is 16.0 Å². The molecule has 2 aromatic rings. The van der Waals surface area contributed by atoms with Crippen molar-refractivity contribution < 1.29 is 34.2 Å². The molecule has 188 valence electrons. The first-order valence-electron chi connectivity index (χ1n) is 11.0. The van der Waals surface area contributed by atoms with Gasteiger partial charge in [0.15, 0.2) is 0 Å². The molecule has 1 aromatic carbocycles. The molecule has 6 N–H and O–H groups in total. The van der Waals surface area contributed by atoms with E-state index in [1.807, 2.05) is 37.3 Å². The van der Waals surface area contributed by atoms with Gasteiger partial charge >= 0.3 is 11.9 Å². The number of hydrogen-bond donors (Lipinski definition) is 5. The molecule has 2 atom stereocenters. The van der Waals surface area contributed by atoms with Gasteiger partial charge in [0.2, 0.25) is 17.7 Å². The number of benzene rings is 1. The van der Waals surface area contributed by atoms with Crippen molar-refractivity contribution in [2.75, 3.05) is 0 Å². The largest absolute Gasteiger partial charge is 0.481 e. The van der Waals surface area contributed by atoms with Gasteiger partial charge in [0, 0.05) is 29.0 Å². The summed E-state index contributed by atoms with van der Waals surface area (Å²) < 4.78 is 0. The summed E-state index contributed by atoms with van der Waals surface area (Å²) in [7, 11) is 0. The zero-order chi connectivity index (χ0) is 26.0. The molecule has 35 heavy (non-hydrogen) atoms. The summed E-state index contributed by atoms with van der Waals surface area (Å²) in [4.78, 5) is 60.8. The Kier molecular flexibility index (Phi) is 10.4. The van der Waals surface area contributed by atoms with E-state index in [1.54, 1.807) is 11.3 Å². The first kappa shape index (κ1) is 27.5. The lowest BCUT2D eigenvalue weighted by Gasteiger charge is -2.21. The average Bonchev–Trinajstić information content (AvgIpc) is 3.23. The van der Waals surface area contributed by atoms with Crippen molar-refractivity contribution in [3.05, 3.63) is 46.8 Å². The number of carbonyl (C=O) groups excluding carboxylic acids is 3. The van der Waals surface area contributed by atoms with Gasteiger partial charge in [-0.1, -0.05) is 24.3 Å². The van der Waals surface area contributed by atoms with Gasteiger partial charge < -0.3 is 26.6 Å². The highest BCUT2D eigenvalue weighted by Crippen LogP contribution is 2.27. The fourth-order valence-corrected chi connectivity index (χ4v) is 4.19. The third-order valence-electron chi connectivity index (χ3n) is 5.22. The Labute approximate surface area is 206 Å². The molecule has 1 heterocycles. The molecule has 10 nitrogen and oxygen atoms in total. The number of carboxylic acid groups (broad SMARTS) is 2. The predicted octanol–water partition coefficient (Wildman–Crippen LogP) is 1.84. The summed E-state index contributed by atoms with van der Waals surface area (Å²) in [5.41, 5.74) is 7.23. The highest BCUT2D eigenvalue weighted by molar-refractivity contribution is 7.15. The molecule has 1 unspecified atom stereocenters. The Bertz CT molecular complexity index is 1070. The Morgan fingerprint density at radius 2 is 1.46 bits per heavy atom. The van der Waals surface area contributed by atoms with Crippen LogP contribution in [0.4, 0.5) is 0 Å². The van der Waals surface area contributed by atoms with Gasteiger partial charge in [-0.3, -0.25) is 24.0 Å². The van der Waals surface area contributed by atoms with E-state index in [-0.39, 0.29) is 19.3 Å². The van der Waals surface area contributed by atoms with Crippen LogP contribution in [-0.4, -0.2) is 52.0 Å². The number of amides is 3. The van der Waals surface area contributed by atoms with Gasteiger partial charge in [-0.2, -0.15) is 0 Å². The van der Waals surface area contributed by atoms with Crippen LogP contribution < -0.4 is 16.4 Å². The number of aryl methyl sites for hydroxylation is 2. The molecular formula is C24H29N3O7S. The monoisotopic (exact) mass is 503 g/mol. The van der Waals surface area contributed by atoms with E-state index in [4.69, 9.17) is 15.9 Å². The van der Waals surface area contributed by atoms with Crippen LogP contribution in [0.2, 0.25) is 0 Å². The number of carbonyl (C=O) groups is 5. The van der Waals surface area contributed by atoms with Crippen LogP contribution in [0.15, 0.2) is 36.4 Å². The van der Waals surface area contributed by atoms with E-state index >= 15 is 0 Å². The van der Waals surface area contributed by atoms with E-state index in [1.165, 1.54) is 4.88 Å². The van der Waals surface area contributed by atoms with E-state index in [2.05, 4.69) is 16.7 Å². The van der Waals surface area contributed by atoms with Gasteiger partial charge in [0.05, 0.1) is 0 Å². The number of nitrogens with two attached hydrogens (primary N) is 1. The maximum Gasteiger partial charge on any atom is 0.303 e. The van der Waals surface area contributed by atoms with Gasteiger partial charge in [0.25, 0.3) is 0 Å². The summed E-state index contributed by atoms with van der Waals surface area (Å²) in [6.07, 6.45) is -0.745. The molecule has 0 spiro atoms. The Balaban J connectivity index is 1.96. The molecule has 3 amide bonds. The molecule has 2 rings (SSSR count). The van der Waals surface area contributed by atoms with Crippen molar-refractivity contribution >= 4 is 41.0 Å². The normalized spacial score (nSPS) is 12.4. The van der Waals surface area contributed by atoms with E-state index < -0.39 is 54.6 Å². The second kappa shape index (κ2) is 13.2. The first-order valence-corrected chi connectivity index (χ1v) is 11.8. The minimum absolute atomic E-state index is 0.0621. The van der Waals surface area contributed by atoms with Gasteiger partial charge in [-0.15, -0.1) is 11.3 Å². The molecule has 0 saturated carbocycles. The van der Waals surface area contributed by atoms with Crippen molar-refractivity contribution in [2.24, 2.45) is 5.73 Å². The second-order valence-corrected chi connectivity index (χ2v) is 9.34. The summed E-state index contributed by atoms with van der Waals surface area (Å²) in [6.45, 7) is 2.04. The third-order valence-corrected chi connectivity index (χ3v) is 6.27. The average molecular weight is 504 g/mol. The number of nitrogens with one attached hydrogen (secondary N) is 2. The number of rotatable bonds is 14. The Morgan fingerprint density at radius 3 is 1.97 bits per heavy atom. The molecule has 1 aromatic heterocycles. The fourth-order valence-electron chi connectivity index (χ4n) is 3.31. The van der Waals surface area contributed by atoms with Gasteiger partial charge in [-0.25, -0.2) is 0 Å². The summed E-state index contributed by atoms with van der Waals surface area (Å²) in [5.74, 6) is -4.52. The van der Waals surface area contributed by atoms with E-state index in [9.17, 15) is 24.0 Å². The lowest BCUT2D eigenvalue weighted by molar-refractivity contribution is -0.139. The van der Waals surface area contributed by atoms with Gasteiger partial charge in [0.1, 0.15) is 12.1 Å². The topological polar surface area (TPSA) is 176 Å². The highest BCUT2D eigenvalue weighted by Gasteiger charge is 2.26. The molecule has 0 fully saturated rings. The fraction of sp³-hybridized carbons (Fsp3) is 0.375. The number of carboxylic acids is 2. The number of thiophene rings is 1. The minimum atomic E-state index is -1.26. The van der Waals surface area contributed by atoms with Crippen molar-refractivity contribution in [2.45, 2.75) is 57.5 Å². The maximum absolute atomic E-state index is 12.6. The molecule has 0 bridgehead atoms. The minimum Gasteiger partial charge on any atom is -0.481 e. The van der Waals surface area contributed by atoms with Crippen molar-refractivity contribution in [1.82, 2.24) is 10.6 Å². The SMILES string of the molecule is Cc1ccc(-c2ccc(CCC(=O)NC(CCC(=O)O)C(=O)N[C@@H](CCC(=O)O)C(N)=O)cc2)s1. The lowest BCUT2D eigenvalue weighted by Crippen LogP contribution is -2.53. The quantitative estimate of drug-likeness (QED) is 0.261. The smallest absolute Gasteiger partial charge is 0.303 e. The summed E-state index contributed by atoms with van der Waals surface area (Å²) in [5, 5.41) is 22.6. The first-order chi connectivity index (χ1) is 16.5. The standard InChI is InChI=1S/C24H29N3O7S/c1-14-2-10-19(35-14)16-6-3-15(4-7-16)5-11-20(28)26-18(9-13-22(31)32)24(34)27-17(23(25)33)8-12-21(29)30/h2-4,6-7,10,17-18H,5,8-9,11-13H2,1H3,(H2,25,33)(H,26,28)(H,27,34)(H,29,30)(H,31,32)/t17-,18?/m0/s1. The molecule has 0 aliphatic heterocycles. The molecule has 0 aliphatic rings. The highest BCUT2D eigenvalue weighted by atomic mass is 32.1. The van der Waals surface area contributed by atoms with Crippen molar-refractivity contribution in [1.29, 1.82) is 0 Å². The molecule has 11 heteroatoms. The zero-order valence-electron chi connectivity index (χ0n) is 19.3. The van der Waals surface area contributed by atoms with Crippen LogP contribution in [0.1, 0.15) is 42.5 Å². The van der Waals surface area contributed by atoms with Crippen LogP contribution in [-0.2, 0) is 30.4 Å². The Hall–Kier alpha value is -3.73. The van der Waals surface area contributed by atoms with Crippen LogP contribution in [0.3, 0.4) is 0 Å². The molecule has 0 aliphatic carbocycles. The Morgan fingerprint density at radius 1 is 0.857 bits per heavy atom. The maximum atomic E-state index is 12.6. The van der Waals surface area contributed by atoms with Crippen LogP contribution >= 0.6 is 11.3 Å². The lowest BCUT2D eigenvalue weighted by atomic mass is 10.0. The zero-order valence-corrected chi connectivity index (χ0v) is 20.1. The summed E-state index contributed by atoms with van der Waals surface area (Å²) in [6, 6.07) is 9.43. The van der Waals surface area contributed by atoms with Crippen LogP contribution in [0.25, 0.3) is 10.4 Å². The second-order valence-electron chi connectivity index (χ2n) is 8.06. The van der Waals surface area contributed by atoms with Crippen molar-refractivity contribution in [3.8, 4) is 10.4 Å². The van der Waals surface area contributed by atoms with Crippen LogP contribution in [0, 0.1) is 6.92 Å².